The molecule has 0 radical (unpaired) electrons. The lowest BCUT2D eigenvalue weighted by Crippen LogP contribution is -2.33. The van der Waals surface area contributed by atoms with E-state index in [9.17, 15) is 9.90 Å². The number of benzene rings is 2. The molecular formula is C18H19N5O2. The summed E-state index contributed by atoms with van der Waals surface area (Å²) in [5.41, 5.74) is 7.85. The number of anilines is 1. The molecule has 0 aliphatic heterocycles. The summed E-state index contributed by atoms with van der Waals surface area (Å²) in [5.74, 6) is -0.190. The Morgan fingerprint density at radius 2 is 1.72 bits per heavy atom. The van der Waals surface area contributed by atoms with Gasteiger partial charge in [0.15, 0.2) is 11.5 Å². The van der Waals surface area contributed by atoms with E-state index in [1.54, 1.807) is 0 Å². The number of aromatic nitrogens is 3. The fourth-order valence-corrected chi connectivity index (χ4v) is 2.53. The van der Waals surface area contributed by atoms with Gasteiger partial charge < -0.3 is 15.7 Å². The Morgan fingerprint density at radius 1 is 1.08 bits per heavy atom. The molecule has 7 heteroatoms. The number of aliphatic hydroxyl groups excluding tert-OH is 1. The van der Waals surface area contributed by atoms with Crippen molar-refractivity contribution in [3.8, 4) is 5.69 Å². The van der Waals surface area contributed by atoms with Crippen LogP contribution in [0.5, 0.6) is 0 Å². The van der Waals surface area contributed by atoms with E-state index < -0.39 is 0 Å². The van der Waals surface area contributed by atoms with Crippen LogP contribution in [0, 0.1) is 0 Å². The Hall–Kier alpha value is -3.19. The van der Waals surface area contributed by atoms with E-state index in [1.165, 1.54) is 9.58 Å². The molecule has 0 unspecified atom stereocenters. The van der Waals surface area contributed by atoms with Crippen LogP contribution in [-0.4, -0.2) is 44.1 Å². The van der Waals surface area contributed by atoms with E-state index >= 15 is 0 Å². The van der Waals surface area contributed by atoms with Gasteiger partial charge in [-0.25, -0.2) is 0 Å². The molecule has 0 saturated carbocycles. The van der Waals surface area contributed by atoms with Crippen molar-refractivity contribution in [3.63, 3.8) is 0 Å². The molecule has 0 aliphatic carbocycles. The van der Waals surface area contributed by atoms with E-state index in [2.05, 4.69) is 10.3 Å². The van der Waals surface area contributed by atoms with Crippen molar-refractivity contribution in [2.24, 2.45) is 0 Å². The number of carbonyl (C=O) groups is 1. The Bertz CT molecular complexity index is 833. The summed E-state index contributed by atoms with van der Waals surface area (Å²) in [5, 5.41) is 17.2. The van der Waals surface area contributed by atoms with Crippen LogP contribution in [0.1, 0.15) is 16.1 Å². The minimum Gasteiger partial charge on any atom is -0.395 e. The normalized spacial score (nSPS) is 10.6. The van der Waals surface area contributed by atoms with E-state index in [0.717, 1.165) is 11.3 Å². The maximum absolute atomic E-state index is 12.8. The topological polar surface area (TPSA) is 97.3 Å². The van der Waals surface area contributed by atoms with Gasteiger partial charge in [0.1, 0.15) is 0 Å². The van der Waals surface area contributed by atoms with Gasteiger partial charge in [0.25, 0.3) is 5.91 Å². The van der Waals surface area contributed by atoms with Gasteiger partial charge in [-0.1, -0.05) is 53.7 Å². The fourth-order valence-electron chi connectivity index (χ4n) is 2.53. The largest absolute Gasteiger partial charge is 0.395 e. The van der Waals surface area contributed by atoms with Crippen LogP contribution in [0.4, 0.5) is 5.82 Å². The third-order valence-electron chi connectivity index (χ3n) is 3.78. The number of hydrogen-bond acceptors (Lipinski definition) is 5. The molecule has 25 heavy (non-hydrogen) atoms. The van der Waals surface area contributed by atoms with Crippen molar-refractivity contribution in [1.82, 2.24) is 19.9 Å². The smallest absolute Gasteiger partial charge is 0.278 e. The van der Waals surface area contributed by atoms with Crippen molar-refractivity contribution in [3.05, 3.63) is 71.9 Å². The summed E-state index contributed by atoms with van der Waals surface area (Å²) in [6.45, 7) is 0.397. The molecule has 1 heterocycles. The predicted molar refractivity (Wildman–Crippen MR) is 94.0 cm³/mol. The van der Waals surface area contributed by atoms with Crippen LogP contribution < -0.4 is 5.73 Å². The molecule has 2 aromatic carbocycles. The number of para-hydroxylation sites is 1. The first-order valence-corrected chi connectivity index (χ1v) is 7.91. The highest BCUT2D eigenvalue weighted by atomic mass is 16.3. The number of rotatable bonds is 6. The summed E-state index contributed by atoms with van der Waals surface area (Å²) in [7, 11) is 0. The first-order valence-electron chi connectivity index (χ1n) is 7.91. The Morgan fingerprint density at radius 3 is 2.36 bits per heavy atom. The molecule has 0 saturated heterocycles. The van der Waals surface area contributed by atoms with Crippen molar-refractivity contribution in [2.75, 3.05) is 18.9 Å². The first-order chi connectivity index (χ1) is 12.2. The van der Waals surface area contributed by atoms with E-state index in [-0.39, 0.29) is 30.6 Å². The number of nitrogen functional groups attached to an aromatic ring is 1. The monoisotopic (exact) mass is 337 g/mol. The number of nitrogens with two attached hydrogens (primary N) is 1. The van der Waals surface area contributed by atoms with E-state index in [4.69, 9.17) is 5.73 Å². The summed E-state index contributed by atoms with van der Waals surface area (Å²) >= 11 is 0. The second kappa shape index (κ2) is 7.59. The summed E-state index contributed by atoms with van der Waals surface area (Å²) in [6.07, 6.45) is 0. The number of hydrogen-bond donors (Lipinski definition) is 2. The molecule has 1 amide bonds. The minimum atomic E-state index is -0.363. The van der Waals surface area contributed by atoms with Gasteiger partial charge in [-0.05, 0) is 17.7 Å². The second-order valence-corrected chi connectivity index (χ2v) is 5.51. The van der Waals surface area contributed by atoms with Crippen molar-refractivity contribution < 1.29 is 9.90 Å². The van der Waals surface area contributed by atoms with Gasteiger partial charge in [-0.15, -0.1) is 5.10 Å². The van der Waals surface area contributed by atoms with Crippen LogP contribution >= 0.6 is 0 Å². The highest BCUT2D eigenvalue weighted by Gasteiger charge is 2.23. The number of aliphatic hydroxyl groups is 1. The zero-order valence-corrected chi connectivity index (χ0v) is 13.6. The lowest BCUT2D eigenvalue weighted by molar-refractivity contribution is 0.0703. The zero-order valence-electron chi connectivity index (χ0n) is 13.6. The average molecular weight is 337 g/mol. The van der Waals surface area contributed by atoms with Gasteiger partial charge in [-0.2, -0.15) is 4.68 Å². The Balaban J connectivity index is 1.86. The van der Waals surface area contributed by atoms with Crippen LogP contribution in [0.15, 0.2) is 60.7 Å². The summed E-state index contributed by atoms with van der Waals surface area (Å²) in [4.78, 5) is 14.3. The second-order valence-electron chi connectivity index (χ2n) is 5.51. The third-order valence-corrected chi connectivity index (χ3v) is 3.78. The van der Waals surface area contributed by atoms with Gasteiger partial charge >= 0.3 is 0 Å². The predicted octanol–water partition coefficient (Wildman–Crippen LogP) is 1.48. The summed E-state index contributed by atoms with van der Waals surface area (Å²) in [6, 6.07) is 18.8. The molecule has 128 valence electrons. The number of nitrogens with zero attached hydrogens (tertiary/aromatic N) is 4. The molecule has 0 spiro atoms. The molecular weight excluding hydrogens is 318 g/mol. The van der Waals surface area contributed by atoms with E-state index in [1.807, 2.05) is 60.7 Å². The lowest BCUT2D eigenvalue weighted by atomic mass is 10.2. The molecule has 3 rings (SSSR count). The van der Waals surface area contributed by atoms with Crippen molar-refractivity contribution in [1.29, 1.82) is 0 Å². The third kappa shape index (κ3) is 3.67. The Kier molecular flexibility index (Phi) is 5.06. The van der Waals surface area contributed by atoms with Crippen LogP contribution in [-0.2, 0) is 6.54 Å². The van der Waals surface area contributed by atoms with E-state index in [0.29, 0.717) is 6.54 Å². The van der Waals surface area contributed by atoms with Crippen molar-refractivity contribution in [2.45, 2.75) is 6.54 Å². The average Bonchev–Trinajstić information content (AvgIpc) is 3.04. The summed E-state index contributed by atoms with van der Waals surface area (Å²) < 4.78 is 1.42. The maximum Gasteiger partial charge on any atom is 0.278 e. The standard InChI is InChI=1S/C18H19N5O2/c19-17-16(20-21-23(17)15-9-5-2-6-10-15)18(25)22(11-12-24)13-14-7-3-1-4-8-14/h1-10,24H,11-13,19H2. The van der Waals surface area contributed by atoms with Crippen LogP contribution in [0.3, 0.4) is 0 Å². The van der Waals surface area contributed by atoms with Gasteiger partial charge in [0.05, 0.1) is 12.3 Å². The van der Waals surface area contributed by atoms with Crippen LogP contribution in [0.2, 0.25) is 0 Å². The number of amides is 1. The highest BCUT2D eigenvalue weighted by Crippen LogP contribution is 2.17. The molecule has 3 aromatic rings. The zero-order chi connectivity index (χ0) is 17.6. The highest BCUT2D eigenvalue weighted by molar-refractivity contribution is 5.96. The molecule has 0 aliphatic rings. The minimum absolute atomic E-state index is 0.0771. The molecule has 7 nitrogen and oxygen atoms in total. The van der Waals surface area contributed by atoms with Gasteiger partial charge in [0, 0.05) is 13.1 Å². The molecule has 0 atom stereocenters. The molecule has 1 aromatic heterocycles. The number of carbonyl (C=O) groups excluding carboxylic acids is 1. The van der Waals surface area contributed by atoms with Gasteiger partial charge in [-0.3, -0.25) is 4.79 Å². The fraction of sp³-hybridized carbons (Fsp3) is 0.167. The first kappa shape index (κ1) is 16.7. The van der Waals surface area contributed by atoms with Crippen LogP contribution in [0.25, 0.3) is 5.69 Å². The SMILES string of the molecule is Nc1c(C(=O)N(CCO)Cc2ccccc2)nnn1-c1ccccc1. The maximum atomic E-state index is 12.8. The van der Waals surface area contributed by atoms with Crippen molar-refractivity contribution >= 4 is 11.7 Å². The molecule has 0 fully saturated rings. The lowest BCUT2D eigenvalue weighted by Gasteiger charge is -2.21. The Labute approximate surface area is 145 Å². The quantitative estimate of drug-likeness (QED) is 0.710. The van der Waals surface area contributed by atoms with Gasteiger partial charge in [0.2, 0.25) is 0 Å². The molecule has 0 bridgehead atoms. The molecule has 3 N–H and O–H groups in total.